The number of likely N-dealkylation sites (tertiary alicyclic amines) is 2. The summed E-state index contributed by atoms with van der Waals surface area (Å²) in [5.74, 6) is 0.329. The van der Waals surface area contributed by atoms with Crippen molar-refractivity contribution in [1.29, 1.82) is 0 Å². The predicted molar refractivity (Wildman–Crippen MR) is 295 cm³/mol. The molecule has 4 aromatic rings. The molecule has 0 aliphatic carbocycles. The number of unbranched alkanes of at least 4 members (excludes halogenated alkanes) is 2. The van der Waals surface area contributed by atoms with Gasteiger partial charge in [0.05, 0.1) is 37.6 Å². The van der Waals surface area contributed by atoms with Crippen LogP contribution in [0.1, 0.15) is 167 Å². The SMILES string of the molecule is C.CC1(F)CCC(c2ccccc2[C@@H](C(=O)O)N2CC[C@@H](OCCCCc3ccc4c(n3)NCCC4)C2)OC1.CC1(F)CC[C@H](c2ccccc2[C@H](C(=O)O)N2CC[C@@H](OCCCCc3ccc4c(n3)NCCC4)C2)OC1. The Morgan fingerprint density at radius 1 is 0.649 bits per heavy atom. The lowest BCUT2D eigenvalue weighted by atomic mass is 9.89. The van der Waals surface area contributed by atoms with Crippen LogP contribution in [0.25, 0.3) is 0 Å². The fourth-order valence-electron chi connectivity index (χ4n) is 11.9. The topological polar surface area (TPSA) is 168 Å². The minimum Gasteiger partial charge on any atom is -0.480 e. The minimum absolute atomic E-state index is 0. The number of fused-ring (bicyclic) bond motifs is 2. The summed E-state index contributed by atoms with van der Waals surface area (Å²) in [5, 5.41) is 27.2. The number of anilines is 2. The molecule has 4 N–H and O–H groups in total. The highest BCUT2D eigenvalue weighted by atomic mass is 19.1. The highest BCUT2D eigenvalue weighted by Crippen LogP contribution is 2.41. The number of carboxylic acid groups (broad SMARTS) is 2. The van der Waals surface area contributed by atoms with Gasteiger partial charge in [0.25, 0.3) is 0 Å². The molecule has 8 heterocycles. The van der Waals surface area contributed by atoms with Crippen LogP contribution >= 0.6 is 0 Å². The summed E-state index contributed by atoms with van der Waals surface area (Å²) in [6.07, 6.45) is 13.3. The Morgan fingerprint density at radius 2 is 1.08 bits per heavy atom. The molecule has 14 nitrogen and oxygen atoms in total. The van der Waals surface area contributed by atoms with Gasteiger partial charge in [-0.05, 0) is 162 Å². The first kappa shape index (κ1) is 58.1. The molecular formula is C61H84F2N6O8. The van der Waals surface area contributed by atoms with E-state index in [1.165, 1.54) is 24.0 Å². The fraction of sp³-hybridized carbons (Fsp3) is 0.607. The van der Waals surface area contributed by atoms with Crippen molar-refractivity contribution < 1.29 is 47.5 Å². The number of aryl methyl sites for hydroxylation is 4. The number of aliphatic carboxylic acids is 2. The lowest BCUT2D eigenvalue weighted by molar-refractivity contribution is -0.144. The predicted octanol–water partition coefficient (Wildman–Crippen LogP) is 11.2. The number of carboxylic acids is 2. The zero-order valence-electron chi connectivity index (χ0n) is 44.7. The van der Waals surface area contributed by atoms with E-state index in [2.05, 4.69) is 34.9 Å². The molecule has 10 rings (SSSR count). The number of nitrogens with one attached hydrogen (secondary N) is 2. The van der Waals surface area contributed by atoms with Crippen LogP contribution in [0.15, 0.2) is 72.8 Å². The van der Waals surface area contributed by atoms with Gasteiger partial charge in [0.2, 0.25) is 0 Å². The lowest BCUT2D eigenvalue weighted by Gasteiger charge is -2.34. The third kappa shape index (κ3) is 15.6. The highest BCUT2D eigenvalue weighted by Gasteiger charge is 2.40. The average molecular weight is 1070 g/mol. The summed E-state index contributed by atoms with van der Waals surface area (Å²) in [6, 6.07) is 22.3. The molecule has 0 spiro atoms. The van der Waals surface area contributed by atoms with Crippen LogP contribution in [0.4, 0.5) is 20.4 Å². The molecule has 4 fully saturated rings. The molecule has 77 heavy (non-hydrogen) atoms. The maximum Gasteiger partial charge on any atom is 0.325 e. The van der Waals surface area contributed by atoms with Crippen molar-refractivity contribution in [3.8, 4) is 0 Å². The number of alkyl halides is 2. The van der Waals surface area contributed by atoms with Crippen molar-refractivity contribution in [3.63, 3.8) is 0 Å². The number of halogens is 2. The molecule has 0 radical (unpaired) electrons. The van der Waals surface area contributed by atoms with E-state index in [1.807, 2.05) is 58.3 Å². The van der Waals surface area contributed by atoms with Gasteiger partial charge in [-0.1, -0.05) is 68.1 Å². The fourth-order valence-corrected chi connectivity index (χ4v) is 11.9. The number of hydrogen-bond donors (Lipinski definition) is 4. The summed E-state index contributed by atoms with van der Waals surface area (Å²) < 4.78 is 52.6. The van der Waals surface area contributed by atoms with Gasteiger partial charge in [-0.2, -0.15) is 0 Å². The van der Waals surface area contributed by atoms with E-state index >= 15 is 0 Å². The van der Waals surface area contributed by atoms with Crippen LogP contribution in [0.5, 0.6) is 0 Å². The summed E-state index contributed by atoms with van der Waals surface area (Å²) in [4.78, 5) is 38.5. The molecule has 6 aliphatic rings. The van der Waals surface area contributed by atoms with Crippen molar-refractivity contribution in [2.24, 2.45) is 0 Å². The minimum atomic E-state index is -1.33. The first-order valence-corrected chi connectivity index (χ1v) is 28.2. The van der Waals surface area contributed by atoms with E-state index in [4.69, 9.17) is 28.9 Å². The van der Waals surface area contributed by atoms with Crippen molar-refractivity contribution in [2.45, 2.75) is 172 Å². The third-order valence-electron chi connectivity index (χ3n) is 16.1. The van der Waals surface area contributed by atoms with Crippen LogP contribution in [0.3, 0.4) is 0 Å². The summed E-state index contributed by atoms with van der Waals surface area (Å²) in [7, 11) is 0. The van der Waals surface area contributed by atoms with E-state index < -0.39 is 35.4 Å². The van der Waals surface area contributed by atoms with Gasteiger partial charge in [-0.3, -0.25) is 19.4 Å². The lowest BCUT2D eigenvalue weighted by Crippen LogP contribution is -2.36. The summed E-state index contributed by atoms with van der Waals surface area (Å²) in [5.41, 5.74) is 5.38. The summed E-state index contributed by atoms with van der Waals surface area (Å²) in [6.45, 7) is 8.98. The monoisotopic (exact) mass is 1070 g/mol. The van der Waals surface area contributed by atoms with Gasteiger partial charge in [-0.15, -0.1) is 0 Å². The Hall–Kier alpha value is -5.10. The van der Waals surface area contributed by atoms with Crippen LogP contribution in [-0.2, 0) is 54.2 Å². The molecule has 3 unspecified atom stereocenters. The Bertz CT molecular complexity index is 2370. The van der Waals surface area contributed by atoms with Gasteiger partial charge in [-0.25, -0.2) is 18.7 Å². The third-order valence-corrected chi connectivity index (χ3v) is 16.1. The molecule has 8 atom stereocenters. The van der Waals surface area contributed by atoms with Gasteiger partial charge in [0.15, 0.2) is 0 Å². The van der Waals surface area contributed by atoms with Gasteiger partial charge < -0.3 is 39.8 Å². The maximum absolute atomic E-state index is 14.3. The standard InChI is InChI=1S/2C30H40FN3O4.CH4/c2*1-30(31)15-13-26(38-20-30)24-9-2-3-10-25(24)27(29(35)36)34-17-14-23(19-34)37-18-5-4-8-22-12-11-21-7-6-16-32-28(21)33-22;/h2*2-3,9-12,23,26-27H,4-8,13-20H2,1H3,(H,32,33)(H,35,36);1H4/t23-,26?,27+,30?;23-,26-,27-,30?;/m11./s1. The second kappa shape index (κ2) is 27.2. The molecule has 0 bridgehead atoms. The first-order chi connectivity index (χ1) is 36.8. The van der Waals surface area contributed by atoms with E-state index in [-0.39, 0.29) is 45.1 Å². The number of nitrogens with zero attached hydrogens (tertiary/aromatic N) is 4. The molecule has 2 aromatic carbocycles. The Labute approximate surface area is 455 Å². The van der Waals surface area contributed by atoms with Gasteiger partial charge in [0.1, 0.15) is 35.1 Å². The molecule has 420 valence electrons. The number of rotatable bonds is 20. The molecule has 0 amide bonds. The summed E-state index contributed by atoms with van der Waals surface area (Å²) >= 11 is 0. The largest absolute Gasteiger partial charge is 0.480 e. The second-order valence-corrected chi connectivity index (χ2v) is 22.4. The van der Waals surface area contributed by atoms with Crippen molar-refractivity contribution in [1.82, 2.24) is 19.8 Å². The van der Waals surface area contributed by atoms with E-state index in [9.17, 15) is 28.6 Å². The van der Waals surface area contributed by atoms with E-state index in [0.717, 1.165) is 123 Å². The highest BCUT2D eigenvalue weighted by molar-refractivity contribution is 5.77. The van der Waals surface area contributed by atoms with Crippen molar-refractivity contribution >= 4 is 23.6 Å². The van der Waals surface area contributed by atoms with Crippen LogP contribution in [0, 0.1) is 0 Å². The molecule has 2 aromatic heterocycles. The number of hydrogen-bond acceptors (Lipinski definition) is 12. The van der Waals surface area contributed by atoms with Crippen LogP contribution < -0.4 is 10.6 Å². The Kier molecular flexibility index (Phi) is 20.5. The Morgan fingerprint density at radius 3 is 1.48 bits per heavy atom. The molecule has 0 saturated carbocycles. The van der Waals surface area contributed by atoms with Crippen LogP contribution in [0.2, 0.25) is 0 Å². The number of benzene rings is 2. The van der Waals surface area contributed by atoms with E-state index in [1.54, 1.807) is 13.8 Å². The quantitative estimate of drug-likeness (QED) is 0.0617. The maximum atomic E-state index is 14.3. The van der Waals surface area contributed by atoms with Gasteiger partial charge in [0, 0.05) is 63.9 Å². The zero-order chi connectivity index (χ0) is 53.1. The molecular weight excluding hydrogens is 983 g/mol. The number of ether oxygens (including phenoxy) is 4. The normalized spacial score (nSPS) is 26.1. The molecule has 6 aliphatic heterocycles. The molecule has 4 saturated heterocycles. The van der Waals surface area contributed by atoms with Gasteiger partial charge >= 0.3 is 11.9 Å². The first-order valence-electron chi connectivity index (χ1n) is 28.2. The van der Waals surface area contributed by atoms with Crippen molar-refractivity contribution in [2.75, 3.05) is 76.3 Å². The Balaban J connectivity index is 0.000000201. The van der Waals surface area contributed by atoms with E-state index in [0.29, 0.717) is 65.1 Å². The second-order valence-electron chi connectivity index (χ2n) is 22.4. The number of carbonyl (C=O) groups is 2. The molecule has 16 heteroatoms. The number of pyridine rings is 2. The smallest absolute Gasteiger partial charge is 0.325 e. The van der Waals surface area contributed by atoms with Crippen LogP contribution in [-0.4, -0.2) is 131 Å². The van der Waals surface area contributed by atoms with Crippen molar-refractivity contribution in [3.05, 3.63) is 118 Å². The average Bonchev–Trinajstić information content (AvgIpc) is 4.09. The zero-order valence-corrected chi connectivity index (χ0v) is 44.7. The number of aromatic nitrogens is 2.